The van der Waals surface area contributed by atoms with Crippen molar-refractivity contribution in [2.24, 2.45) is 11.3 Å². The highest BCUT2D eigenvalue weighted by Gasteiger charge is 2.36. The summed E-state index contributed by atoms with van der Waals surface area (Å²) in [7, 11) is 2.30. The van der Waals surface area contributed by atoms with Gasteiger partial charge in [0.25, 0.3) is 0 Å². The fourth-order valence-corrected chi connectivity index (χ4v) is 3.68. The van der Waals surface area contributed by atoms with Gasteiger partial charge in [-0.05, 0) is 44.2 Å². The zero-order chi connectivity index (χ0) is 13.7. The monoisotopic (exact) mass is 268 g/mol. The molecule has 1 aliphatic carbocycles. The van der Waals surface area contributed by atoms with Gasteiger partial charge in [-0.15, -0.1) is 0 Å². The van der Waals surface area contributed by atoms with E-state index in [2.05, 4.69) is 31.1 Å². The van der Waals surface area contributed by atoms with E-state index >= 15 is 0 Å². The van der Waals surface area contributed by atoms with Crippen molar-refractivity contribution >= 4 is 0 Å². The second-order valence-corrected chi connectivity index (χ2v) is 6.90. The molecule has 0 radical (unpaired) electrons. The number of rotatable bonds is 6. The van der Waals surface area contributed by atoms with Crippen molar-refractivity contribution in [3.8, 4) is 0 Å². The predicted octanol–water partition coefficient (Wildman–Crippen LogP) is 2.51. The number of ether oxygens (including phenoxy) is 1. The number of nitrogens with one attached hydrogen (secondary N) is 1. The van der Waals surface area contributed by atoms with Crippen LogP contribution in [0.5, 0.6) is 0 Å². The van der Waals surface area contributed by atoms with E-state index in [1.807, 2.05) is 0 Å². The maximum absolute atomic E-state index is 5.54. The number of nitrogens with zero attached hydrogens (tertiary/aromatic N) is 1. The second kappa shape index (κ2) is 7.05. The molecule has 1 saturated heterocycles. The Balaban J connectivity index is 1.92. The summed E-state index contributed by atoms with van der Waals surface area (Å²) in [5.74, 6) is 0.926. The molecule has 0 bridgehead atoms. The van der Waals surface area contributed by atoms with E-state index in [4.69, 9.17) is 4.74 Å². The molecule has 2 fully saturated rings. The molecule has 1 saturated carbocycles. The van der Waals surface area contributed by atoms with E-state index in [0.717, 1.165) is 25.7 Å². The van der Waals surface area contributed by atoms with Crippen molar-refractivity contribution < 1.29 is 4.74 Å². The van der Waals surface area contributed by atoms with E-state index in [-0.39, 0.29) is 0 Å². The van der Waals surface area contributed by atoms with Crippen molar-refractivity contribution in [3.05, 3.63) is 0 Å². The molecule has 1 atom stereocenters. The van der Waals surface area contributed by atoms with Crippen molar-refractivity contribution in [2.45, 2.75) is 52.0 Å². The largest absolute Gasteiger partial charge is 0.380 e. The molecule has 1 heterocycles. The third-order valence-corrected chi connectivity index (χ3v) is 5.20. The second-order valence-electron chi connectivity index (χ2n) is 6.90. The van der Waals surface area contributed by atoms with E-state index in [1.54, 1.807) is 0 Å². The van der Waals surface area contributed by atoms with Gasteiger partial charge in [-0.2, -0.15) is 0 Å². The Bertz CT molecular complexity index is 250. The molecule has 112 valence electrons. The van der Waals surface area contributed by atoms with Crippen molar-refractivity contribution in [2.75, 3.05) is 39.9 Å². The molecular weight excluding hydrogens is 236 g/mol. The van der Waals surface area contributed by atoms with E-state index in [1.165, 1.54) is 45.2 Å². The van der Waals surface area contributed by atoms with Crippen LogP contribution in [0, 0.1) is 11.3 Å². The summed E-state index contributed by atoms with van der Waals surface area (Å²) < 4.78 is 5.54. The minimum Gasteiger partial charge on any atom is -0.380 e. The summed E-state index contributed by atoms with van der Waals surface area (Å²) in [6.45, 7) is 10.0. The third-order valence-electron chi connectivity index (χ3n) is 5.20. The smallest absolute Gasteiger partial charge is 0.0622 e. The zero-order valence-corrected chi connectivity index (χ0v) is 13.1. The maximum Gasteiger partial charge on any atom is 0.0622 e. The molecule has 1 N–H and O–H groups in total. The first kappa shape index (κ1) is 15.3. The zero-order valence-electron chi connectivity index (χ0n) is 13.1. The van der Waals surface area contributed by atoms with Crippen LogP contribution in [-0.2, 0) is 4.74 Å². The van der Waals surface area contributed by atoms with Gasteiger partial charge in [0.05, 0.1) is 6.61 Å². The van der Waals surface area contributed by atoms with Crippen LogP contribution in [0.15, 0.2) is 0 Å². The first-order valence-corrected chi connectivity index (χ1v) is 8.14. The lowest BCUT2D eigenvalue weighted by Gasteiger charge is -2.43. The summed E-state index contributed by atoms with van der Waals surface area (Å²) >= 11 is 0. The Morgan fingerprint density at radius 3 is 2.58 bits per heavy atom. The van der Waals surface area contributed by atoms with Gasteiger partial charge in [0.15, 0.2) is 0 Å². The molecule has 0 amide bonds. The molecule has 1 aliphatic heterocycles. The van der Waals surface area contributed by atoms with Crippen LogP contribution < -0.4 is 5.32 Å². The normalized spacial score (nSPS) is 36.0. The van der Waals surface area contributed by atoms with E-state index < -0.39 is 0 Å². The third kappa shape index (κ3) is 4.17. The number of hydrogen-bond donors (Lipinski definition) is 1. The van der Waals surface area contributed by atoms with Gasteiger partial charge in [0.1, 0.15) is 0 Å². The van der Waals surface area contributed by atoms with Gasteiger partial charge in [-0.3, -0.25) is 0 Å². The Labute approximate surface area is 119 Å². The van der Waals surface area contributed by atoms with Gasteiger partial charge in [0.2, 0.25) is 0 Å². The summed E-state index contributed by atoms with van der Waals surface area (Å²) in [5.41, 5.74) is 0.500. The topological polar surface area (TPSA) is 24.5 Å². The summed E-state index contributed by atoms with van der Waals surface area (Å²) in [6.07, 6.45) is 6.79. The van der Waals surface area contributed by atoms with Crippen molar-refractivity contribution in [1.29, 1.82) is 0 Å². The molecule has 3 nitrogen and oxygen atoms in total. The fraction of sp³-hybridized carbons (Fsp3) is 1.00. The van der Waals surface area contributed by atoms with Crippen LogP contribution in [0.4, 0.5) is 0 Å². The average molecular weight is 268 g/mol. The fourth-order valence-electron chi connectivity index (χ4n) is 3.68. The summed E-state index contributed by atoms with van der Waals surface area (Å²) in [4.78, 5) is 2.57. The molecule has 0 spiro atoms. The van der Waals surface area contributed by atoms with Gasteiger partial charge >= 0.3 is 0 Å². The van der Waals surface area contributed by atoms with Crippen molar-refractivity contribution in [3.63, 3.8) is 0 Å². The van der Waals surface area contributed by atoms with Crippen LogP contribution in [0.1, 0.15) is 46.0 Å². The first-order valence-electron chi connectivity index (χ1n) is 8.14. The summed E-state index contributed by atoms with van der Waals surface area (Å²) in [6, 6.07) is 0.651. The molecule has 0 aromatic carbocycles. The standard InChI is InChI=1S/C16H32N2O/c1-4-17-12-16(8-5-14(2)6-9-16)13-18(3)15-7-10-19-11-15/h14-15,17H,4-13H2,1-3H3. The Hall–Kier alpha value is -0.120. The molecule has 1 unspecified atom stereocenters. The molecule has 0 aromatic rings. The van der Waals surface area contributed by atoms with Crippen LogP contribution in [0.25, 0.3) is 0 Å². The molecule has 2 rings (SSSR count). The maximum atomic E-state index is 5.54. The lowest BCUT2D eigenvalue weighted by atomic mass is 9.70. The average Bonchev–Trinajstić information content (AvgIpc) is 2.94. The van der Waals surface area contributed by atoms with Crippen LogP contribution >= 0.6 is 0 Å². The number of likely N-dealkylation sites (N-methyl/N-ethyl adjacent to an activating group) is 1. The highest BCUT2D eigenvalue weighted by atomic mass is 16.5. The molecule has 19 heavy (non-hydrogen) atoms. The molecular formula is C16H32N2O. The molecule has 0 aromatic heterocycles. The highest BCUT2D eigenvalue weighted by Crippen LogP contribution is 2.39. The lowest BCUT2D eigenvalue weighted by molar-refractivity contribution is 0.0728. The van der Waals surface area contributed by atoms with Gasteiger partial charge in [-0.1, -0.05) is 26.7 Å². The minimum absolute atomic E-state index is 0.500. The Kier molecular flexibility index (Phi) is 5.67. The Morgan fingerprint density at radius 1 is 1.26 bits per heavy atom. The SMILES string of the molecule is CCNCC1(CN(C)C2CCOC2)CCC(C)CC1. The summed E-state index contributed by atoms with van der Waals surface area (Å²) in [5, 5.41) is 3.61. The quantitative estimate of drug-likeness (QED) is 0.801. The lowest BCUT2D eigenvalue weighted by Crippen LogP contribution is -2.48. The van der Waals surface area contributed by atoms with Crippen molar-refractivity contribution in [1.82, 2.24) is 10.2 Å². The Morgan fingerprint density at radius 2 is 2.00 bits per heavy atom. The van der Waals surface area contributed by atoms with Crippen LogP contribution in [0.3, 0.4) is 0 Å². The van der Waals surface area contributed by atoms with Crippen LogP contribution in [-0.4, -0.2) is 50.8 Å². The van der Waals surface area contributed by atoms with Gasteiger partial charge in [-0.25, -0.2) is 0 Å². The predicted molar refractivity (Wildman–Crippen MR) is 80.5 cm³/mol. The van der Waals surface area contributed by atoms with Gasteiger partial charge < -0.3 is 15.0 Å². The van der Waals surface area contributed by atoms with Gasteiger partial charge in [0, 0.05) is 25.7 Å². The highest BCUT2D eigenvalue weighted by molar-refractivity contribution is 4.90. The van der Waals surface area contributed by atoms with E-state index in [9.17, 15) is 0 Å². The molecule has 3 heteroatoms. The van der Waals surface area contributed by atoms with Crippen LogP contribution in [0.2, 0.25) is 0 Å². The minimum atomic E-state index is 0.500. The van der Waals surface area contributed by atoms with E-state index in [0.29, 0.717) is 11.5 Å². The first-order chi connectivity index (χ1) is 9.15. The number of hydrogen-bond acceptors (Lipinski definition) is 3. The molecule has 2 aliphatic rings.